The number of carbonyl (C=O) groups excluding carboxylic acids is 1. The lowest BCUT2D eigenvalue weighted by Crippen LogP contribution is -2.42. The van der Waals surface area contributed by atoms with E-state index in [0.717, 1.165) is 22.9 Å². The SMILES string of the molecule is CC(C)CN(C)S(=O)(=O)NC(=O)c1cnn2ccc(N3CCC[C@@H]3c3cc(F)ccc3F)cc12. The highest BCUT2D eigenvalue weighted by Gasteiger charge is 2.30. The lowest BCUT2D eigenvalue weighted by Gasteiger charge is -2.27. The molecular weight excluding hydrogens is 464 g/mol. The van der Waals surface area contributed by atoms with Crippen molar-refractivity contribution in [2.45, 2.75) is 32.7 Å². The minimum Gasteiger partial charge on any atom is -0.364 e. The quantitative estimate of drug-likeness (QED) is 0.547. The van der Waals surface area contributed by atoms with Crippen molar-refractivity contribution in [3.05, 3.63) is 65.5 Å². The summed E-state index contributed by atoms with van der Waals surface area (Å²) in [6, 6.07) is 6.57. The molecule has 11 heteroatoms. The van der Waals surface area contributed by atoms with E-state index in [1.54, 1.807) is 18.3 Å². The van der Waals surface area contributed by atoms with Crippen molar-refractivity contribution in [2.24, 2.45) is 5.92 Å². The molecule has 1 aliphatic rings. The van der Waals surface area contributed by atoms with Crippen molar-refractivity contribution in [1.29, 1.82) is 0 Å². The molecular formula is C23H27F2N5O3S. The van der Waals surface area contributed by atoms with E-state index >= 15 is 0 Å². The molecule has 1 saturated heterocycles. The maximum absolute atomic E-state index is 14.5. The molecule has 1 amide bonds. The van der Waals surface area contributed by atoms with Crippen molar-refractivity contribution < 1.29 is 22.0 Å². The molecule has 0 unspecified atom stereocenters. The number of aromatic nitrogens is 2. The number of pyridine rings is 1. The van der Waals surface area contributed by atoms with Crippen molar-refractivity contribution in [1.82, 2.24) is 18.6 Å². The number of carbonyl (C=O) groups is 1. The molecule has 1 N–H and O–H groups in total. The van der Waals surface area contributed by atoms with E-state index in [0.29, 0.717) is 24.2 Å². The van der Waals surface area contributed by atoms with E-state index in [1.807, 2.05) is 18.7 Å². The number of amides is 1. The van der Waals surface area contributed by atoms with Crippen LogP contribution in [-0.4, -0.2) is 48.4 Å². The molecule has 1 fully saturated rings. The molecule has 0 spiro atoms. The summed E-state index contributed by atoms with van der Waals surface area (Å²) in [6.45, 7) is 4.64. The number of nitrogens with zero attached hydrogens (tertiary/aromatic N) is 4. The molecule has 0 bridgehead atoms. The number of nitrogens with one attached hydrogen (secondary N) is 1. The normalized spacial score (nSPS) is 16.7. The van der Waals surface area contributed by atoms with Crippen LogP contribution in [-0.2, 0) is 10.2 Å². The lowest BCUT2D eigenvalue weighted by molar-refractivity contribution is 0.0980. The Labute approximate surface area is 197 Å². The zero-order valence-corrected chi connectivity index (χ0v) is 20.0. The fraction of sp³-hybridized carbons (Fsp3) is 0.391. The summed E-state index contributed by atoms with van der Waals surface area (Å²) >= 11 is 0. The predicted octanol–water partition coefficient (Wildman–Crippen LogP) is 3.52. The molecule has 0 saturated carbocycles. The molecule has 8 nitrogen and oxygen atoms in total. The highest BCUT2D eigenvalue weighted by atomic mass is 32.2. The van der Waals surface area contributed by atoms with Gasteiger partial charge in [0.15, 0.2) is 0 Å². The van der Waals surface area contributed by atoms with Gasteiger partial charge in [0.05, 0.1) is 23.3 Å². The first-order valence-corrected chi connectivity index (χ1v) is 12.5. The largest absolute Gasteiger partial charge is 0.364 e. The van der Waals surface area contributed by atoms with E-state index in [2.05, 4.69) is 9.82 Å². The van der Waals surface area contributed by atoms with E-state index < -0.39 is 27.8 Å². The van der Waals surface area contributed by atoms with Crippen molar-refractivity contribution in [3.8, 4) is 0 Å². The van der Waals surface area contributed by atoms with Gasteiger partial charge in [-0.1, -0.05) is 13.8 Å². The standard InChI is InChI=1S/C23H27F2N5O3S/c1-15(2)14-28(3)34(32,33)27-23(31)19-13-26-30-10-8-17(12-22(19)30)29-9-4-5-21(29)18-11-16(24)6-7-20(18)25/h6-8,10-13,15,21H,4-5,9,14H2,1-3H3,(H,27,31)/t21-/m1/s1. The number of rotatable bonds is 7. The zero-order chi connectivity index (χ0) is 24.6. The second kappa shape index (κ2) is 9.30. The second-order valence-corrected chi connectivity index (χ2v) is 10.7. The Morgan fingerprint density at radius 3 is 2.76 bits per heavy atom. The number of anilines is 1. The Morgan fingerprint density at radius 1 is 1.26 bits per heavy atom. The summed E-state index contributed by atoms with van der Waals surface area (Å²) in [6.07, 6.45) is 4.40. The Bertz CT molecular complexity index is 1330. The molecule has 0 aliphatic carbocycles. The van der Waals surface area contributed by atoms with Crippen molar-refractivity contribution in [2.75, 3.05) is 25.0 Å². The van der Waals surface area contributed by atoms with Crippen LogP contribution in [0.2, 0.25) is 0 Å². The van der Waals surface area contributed by atoms with Gasteiger partial charge in [-0.05, 0) is 49.1 Å². The average molecular weight is 492 g/mol. The monoisotopic (exact) mass is 491 g/mol. The summed E-state index contributed by atoms with van der Waals surface area (Å²) < 4.78 is 58.0. The van der Waals surface area contributed by atoms with Gasteiger partial charge < -0.3 is 4.90 Å². The van der Waals surface area contributed by atoms with E-state index in [-0.39, 0.29) is 29.6 Å². The Balaban J connectivity index is 1.64. The molecule has 182 valence electrons. The molecule has 0 radical (unpaired) electrons. The zero-order valence-electron chi connectivity index (χ0n) is 19.2. The smallest absolute Gasteiger partial charge is 0.303 e. The van der Waals surface area contributed by atoms with E-state index in [9.17, 15) is 22.0 Å². The fourth-order valence-electron chi connectivity index (χ4n) is 4.35. The summed E-state index contributed by atoms with van der Waals surface area (Å²) in [5.74, 6) is -1.68. The molecule has 3 aromatic rings. The Morgan fingerprint density at radius 2 is 2.03 bits per heavy atom. The van der Waals surface area contributed by atoms with Crippen LogP contribution in [0.4, 0.5) is 14.5 Å². The van der Waals surface area contributed by atoms with Crippen LogP contribution >= 0.6 is 0 Å². The predicted molar refractivity (Wildman–Crippen MR) is 125 cm³/mol. The van der Waals surface area contributed by atoms with Crippen LogP contribution in [0.5, 0.6) is 0 Å². The third kappa shape index (κ3) is 4.76. The summed E-state index contributed by atoms with van der Waals surface area (Å²) in [7, 11) is -2.61. The molecule has 4 rings (SSSR count). The van der Waals surface area contributed by atoms with Gasteiger partial charge in [-0.25, -0.2) is 18.0 Å². The second-order valence-electron chi connectivity index (χ2n) is 8.90. The fourth-order valence-corrected chi connectivity index (χ4v) is 5.35. The van der Waals surface area contributed by atoms with Gasteiger partial charge in [0.2, 0.25) is 0 Å². The van der Waals surface area contributed by atoms with Crippen molar-refractivity contribution >= 4 is 27.3 Å². The van der Waals surface area contributed by atoms with Crippen LogP contribution in [0.1, 0.15) is 48.7 Å². The van der Waals surface area contributed by atoms with Gasteiger partial charge in [0.25, 0.3) is 5.91 Å². The minimum atomic E-state index is -4.02. The third-order valence-corrected chi connectivity index (χ3v) is 7.32. The first-order valence-electron chi connectivity index (χ1n) is 11.0. The number of halogens is 2. The highest BCUT2D eigenvalue weighted by molar-refractivity contribution is 7.87. The molecule has 2 aromatic heterocycles. The molecule has 1 aliphatic heterocycles. The van der Waals surface area contributed by atoms with Crippen LogP contribution in [0.3, 0.4) is 0 Å². The summed E-state index contributed by atoms with van der Waals surface area (Å²) in [4.78, 5) is 14.8. The minimum absolute atomic E-state index is 0.0903. The maximum atomic E-state index is 14.5. The topological polar surface area (TPSA) is 87.0 Å². The van der Waals surface area contributed by atoms with Crippen molar-refractivity contribution in [3.63, 3.8) is 0 Å². The molecule has 34 heavy (non-hydrogen) atoms. The maximum Gasteiger partial charge on any atom is 0.303 e. The first-order chi connectivity index (χ1) is 16.1. The van der Waals surface area contributed by atoms with Gasteiger partial charge in [-0.2, -0.15) is 17.8 Å². The summed E-state index contributed by atoms with van der Waals surface area (Å²) in [5, 5.41) is 4.15. The Hall–Kier alpha value is -3.05. The van der Waals surface area contributed by atoms with Crippen LogP contribution in [0.25, 0.3) is 5.52 Å². The van der Waals surface area contributed by atoms with Gasteiger partial charge in [0.1, 0.15) is 11.6 Å². The molecule has 3 heterocycles. The van der Waals surface area contributed by atoms with Gasteiger partial charge in [-0.15, -0.1) is 0 Å². The number of hydrogen-bond donors (Lipinski definition) is 1. The van der Waals surface area contributed by atoms with Crippen LogP contribution in [0.15, 0.2) is 42.7 Å². The number of benzene rings is 1. The third-order valence-electron chi connectivity index (χ3n) is 5.91. The highest BCUT2D eigenvalue weighted by Crippen LogP contribution is 2.38. The van der Waals surface area contributed by atoms with E-state index in [1.165, 1.54) is 23.8 Å². The van der Waals surface area contributed by atoms with Crippen LogP contribution in [0, 0.1) is 17.6 Å². The van der Waals surface area contributed by atoms with E-state index in [4.69, 9.17) is 0 Å². The lowest BCUT2D eigenvalue weighted by atomic mass is 10.0. The van der Waals surface area contributed by atoms with Gasteiger partial charge in [0, 0.05) is 37.6 Å². The van der Waals surface area contributed by atoms with Gasteiger partial charge >= 0.3 is 10.2 Å². The summed E-state index contributed by atoms with van der Waals surface area (Å²) in [5.41, 5.74) is 1.48. The van der Waals surface area contributed by atoms with Gasteiger partial charge in [-0.3, -0.25) is 4.79 Å². The van der Waals surface area contributed by atoms with Crippen LogP contribution < -0.4 is 9.62 Å². The first kappa shape index (κ1) is 24.1. The number of hydrogen-bond acceptors (Lipinski definition) is 5. The Kier molecular flexibility index (Phi) is 6.59. The average Bonchev–Trinajstić information content (AvgIpc) is 3.41. The molecule has 1 atom stereocenters. The molecule has 1 aromatic carbocycles. The number of fused-ring (bicyclic) bond motifs is 1.